The highest BCUT2D eigenvalue weighted by molar-refractivity contribution is 5.79. The third-order valence-electron chi connectivity index (χ3n) is 3.81. The molecule has 0 spiro atoms. The molecular formula is C16H23N3O3. The first-order valence-electron chi connectivity index (χ1n) is 7.71. The van der Waals surface area contributed by atoms with Crippen molar-refractivity contribution in [1.29, 1.82) is 0 Å². The predicted molar refractivity (Wildman–Crippen MR) is 82.7 cm³/mol. The Morgan fingerprint density at radius 1 is 1.27 bits per heavy atom. The Hall–Kier alpha value is -2.08. The van der Waals surface area contributed by atoms with Crippen LogP contribution in [-0.4, -0.2) is 36.5 Å². The van der Waals surface area contributed by atoms with E-state index in [1.807, 2.05) is 37.3 Å². The number of nitrogens with zero attached hydrogens (tertiary/aromatic N) is 1. The summed E-state index contributed by atoms with van der Waals surface area (Å²) in [7, 11) is 0. The topological polar surface area (TPSA) is 70.7 Å². The molecule has 0 bridgehead atoms. The van der Waals surface area contributed by atoms with Gasteiger partial charge in [-0.3, -0.25) is 4.79 Å². The van der Waals surface area contributed by atoms with Crippen LogP contribution in [-0.2, 0) is 16.2 Å². The van der Waals surface area contributed by atoms with Gasteiger partial charge in [-0.05, 0) is 38.4 Å². The summed E-state index contributed by atoms with van der Waals surface area (Å²) >= 11 is 0. The summed E-state index contributed by atoms with van der Waals surface area (Å²) in [6, 6.07) is 9.67. The summed E-state index contributed by atoms with van der Waals surface area (Å²) in [6.45, 7) is 4.48. The Balaban J connectivity index is 1.80. The van der Waals surface area contributed by atoms with Crippen LogP contribution in [0, 0.1) is 5.92 Å². The molecule has 0 radical (unpaired) electrons. The largest absolute Gasteiger partial charge is 0.434 e. The second-order valence-corrected chi connectivity index (χ2v) is 5.36. The van der Waals surface area contributed by atoms with E-state index in [9.17, 15) is 9.59 Å². The Morgan fingerprint density at radius 3 is 2.59 bits per heavy atom. The van der Waals surface area contributed by atoms with Crippen molar-refractivity contribution in [3.05, 3.63) is 35.9 Å². The van der Waals surface area contributed by atoms with Gasteiger partial charge in [0, 0.05) is 19.0 Å². The fourth-order valence-electron chi connectivity index (χ4n) is 2.44. The lowest BCUT2D eigenvalue weighted by Crippen LogP contribution is -2.41. The van der Waals surface area contributed by atoms with Gasteiger partial charge in [-0.1, -0.05) is 30.3 Å². The molecule has 1 fully saturated rings. The van der Waals surface area contributed by atoms with Crippen LogP contribution in [0.2, 0.25) is 0 Å². The molecule has 0 aromatic heterocycles. The van der Waals surface area contributed by atoms with Crippen molar-refractivity contribution in [3.8, 4) is 0 Å². The molecule has 0 atom stereocenters. The summed E-state index contributed by atoms with van der Waals surface area (Å²) in [5.74, 6) is -0.302. The van der Waals surface area contributed by atoms with Crippen molar-refractivity contribution in [3.63, 3.8) is 0 Å². The van der Waals surface area contributed by atoms with Gasteiger partial charge < -0.3 is 15.1 Å². The predicted octanol–water partition coefficient (Wildman–Crippen LogP) is 1.68. The van der Waals surface area contributed by atoms with Crippen LogP contribution in [0.4, 0.5) is 4.79 Å². The summed E-state index contributed by atoms with van der Waals surface area (Å²) in [5, 5.41) is 3.19. The number of amides is 2. The second-order valence-electron chi connectivity index (χ2n) is 5.36. The number of piperidine rings is 1. The molecule has 1 aromatic carbocycles. The molecule has 1 aliphatic rings. The smallest absolute Gasteiger partial charge is 0.321 e. The molecule has 6 nitrogen and oxygen atoms in total. The standard InChI is InChI=1S/C16H23N3O3/c1-2-19(12-13-6-4-3-5-7-13)16(21)22-18-15(20)14-8-10-17-11-9-14/h3-7,14,17H,2,8-12H2,1H3,(H,18,20). The quantitative estimate of drug-likeness (QED) is 0.830. The van der Waals surface area contributed by atoms with Crippen molar-refractivity contribution in [2.75, 3.05) is 19.6 Å². The SMILES string of the molecule is CCN(Cc1ccccc1)C(=O)ONC(=O)C1CCNCC1. The maximum absolute atomic E-state index is 12.0. The average Bonchev–Trinajstić information content (AvgIpc) is 2.59. The zero-order valence-corrected chi connectivity index (χ0v) is 12.9. The van der Waals surface area contributed by atoms with Crippen LogP contribution < -0.4 is 10.8 Å². The Bertz CT molecular complexity index is 487. The molecule has 6 heteroatoms. The summed E-state index contributed by atoms with van der Waals surface area (Å²) in [4.78, 5) is 30.5. The monoisotopic (exact) mass is 305 g/mol. The van der Waals surface area contributed by atoms with Crippen LogP contribution >= 0.6 is 0 Å². The molecule has 0 unspecified atom stereocenters. The van der Waals surface area contributed by atoms with E-state index in [1.54, 1.807) is 0 Å². The van der Waals surface area contributed by atoms with E-state index in [0.29, 0.717) is 13.1 Å². The lowest BCUT2D eigenvalue weighted by atomic mass is 9.98. The van der Waals surface area contributed by atoms with Crippen LogP contribution in [0.25, 0.3) is 0 Å². The van der Waals surface area contributed by atoms with Gasteiger partial charge in [0.15, 0.2) is 0 Å². The maximum atomic E-state index is 12.0. The van der Waals surface area contributed by atoms with Crippen LogP contribution in [0.1, 0.15) is 25.3 Å². The van der Waals surface area contributed by atoms with Gasteiger partial charge in [-0.2, -0.15) is 5.48 Å². The van der Waals surface area contributed by atoms with E-state index >= 15 is 0 Å². The molecule has 2 N–H and O–H groups in total. The Labute approximate surface area is 130 Å². The fourth-order valence-corrected chi connectivity index (χ4v) is 2.44. The van der Waals surface area contributed by atoms with E-state index in [1.165, 1.54) is 4.90 Å². The van der Waals surface area contributed by atoms with Crippen molar-refractivity contribution >= 4 is 12.0 Å². The highest BCUT2D eigenvalue weighted by Crippen LogP contribution is 2.11. The van der Waals surface area contributed by atoms with Gasteiger partial charge in [0.2, 0.25) is 0 Å². The molecule has 22 heavy (non-hydrogen) atoms. The zero-order valence-electron chi connectivity index (χ0n) is 12.9. The molecule has 0 aliphatic carbocycles. The van der Waals surface area contributed by atoms with Crippen molar-refractivity contribution in [1.82, 2.24) is 15.7 Å². The highest BCUT2D eigenvalue weighted by Gasteiger charge is 2.23. The number of nitrogens with one attached hydrogen (secondary N) is 2. The maximum Gasteiger partial charge on any atom is 0.434 e. The molecule has 1 heterocycles. The number of carbonyl (C=O) groups is 2. The van der Waals surface area contributed by atoms with Gasteiger partial charge in [-0.25, -0.2) is 4.79 Å². The van der Waals surface area contributed by atoms with Crippen LogP contribution in [0.15, 0.2) is 30.3 Å². The number of hydroxylamine groups is 1. The molecule has 2 rings (SSSR count). The van der Waals surface area contributed by atoms with Gasteiger partial charge >= 0.3 is 6.09 Å². The second kappa shape index (κ2) is 8.38. The fraction of sp³-hybridized carbons (Fsp3) is 0.500. The lowest BCUT2D eigenvalue weighted by molar-refractivity contribution is -0.135. The number of rotatable bonds is 4. The first-order valence-corrected chi connectivity index (χ1v) is 7.71. The van der Waals surface area contributed by atoms with E-state index in [0.717, 1.165) is 31.5 Å². The average molecular weight is 305 g/mol. The first-order chi connectivity index (χ1) is 10.7. The summed E-state index contributed by atoms with van der Waals surface area (Å²) in [6.07, 6.45) is 1.00. The van der Waals surface area contributed by atoms with Crippen molar-refractivity contribution in [2.45, 2.75) is 26.3 Å². The third-order valence-corrected chi connectivity index (χ3v) is 3.81. The minimum absolute atomic E-state index is 0.0850. The normalized spacial score (nSPS) is 15.1. The van der Waals surface area contributed by atoms with Crippen LogP contribution in [0.5, 0.6) is 0 Å². The number of carbonyl (C=O) groups excluding carboxylic acids is 2. The Kier molecular flexibility index (Phi) is 6.21. The first kappa shape index (κ1) is 16.3. The summed E-state index contributed by atoms with van der Waals surface area (Å²) < 4.78 is 0. The third kappa shape index (κ3) is 4.73. The molecule has 0 saturated carbocycles. The van der Waals surface area contributed by atoms with Gasteiger partial charge in [0.25, 0.3) is 5.91 Å². The molecule has 1 saturated heterocycles. The number of hydrogen-bond acceptors (Lipinski definition) is 4. The number of benzene rings is 1. The van der Waals surface area contributed by atoms with Crippen molar-refractivity contribution in [2.24, 2.45) is 5.92 Å². The van der Waals surface area contributed by atoms with Gasteiger partial charge in [0.1, 0.15) is 0 Å². The minimum atomic E-state index is -0.534. The molecule has 120 valence electrons. The van der Waals surface area contributed by atoms with Crippen LogP contribution in [0.3, 0.4) is 0 Å². The number of hydrogen-bond donors (Lipinski definition) is 2. The molecule has 2 amide bonds. The molecule has 1 aliphatic heterocycles. The Morgan fingerprint density at radius 2 is 1.95 bits per heavy atom. The highest BCUT2D eigenvalue weighted by atomic mass is 16.7. The lowest BCUT2D eigenvalue weighted by Gasteiger charge is -2.23. The minimum Gasteiger partial charge on any atom is -0.321 e. The van der Waals surface area contributed by atoms with Gasteiger partial charge in [-0.15, -0.1) is 0 Å². The van der Waals surface area contributed by atoms with E-state index in [2.05, 4.69) is 10.8 Å². The van der Waals surface area contributed by atoms with E-state index < -0.39 is 6.09 Å². The summed E-state index contributed by atoms with van der Waals surface area (Å²) in [5.41, 5.74) is 3.31. The van der Waals surface area contributed by atoms with Crippen molar-refractivity contribution < 1.29 is 14.4 Å². The molecule has 1 aromatic rings. The molecular weight excluding hydrogens is 282 g/mol. The van der Waals surface area contributed by atoms with Gasteiger partial charge in [0.05, 0.1) is 0 Å². The van der Waals surface area contributed by atoms with E-state index in [4.69, 9.17) is 4.84 Å². The zero-order chi connectivity index (χ0) is 15.8. The van der Waals surface area contributed by atoms with E-state index in [-0.39, 0.29) is 11.8 Å².